The molecule has 0 atom stereocenters. The van der Waals surface area contributed by atoms with Gasteiger partial charge in [-0.2, -0.15) is 0 Å². The quantitative estimate of drug-likeness (QED) is 0.877. The number of benzene rings is 1. The Hall–Kier alpha value is -1.71. The van der Waals surface area contributed by atoms with Gasteiger partial charge < -0.3 is 15.3 Å². The maximum Gasteiger partial charge on any atom is 0.306 e. The molecule has 2 aliphatic rings. The Balaban J connectivity index is 1.58. The Kier molecular flexibility index (Phi) is 5.42. The molecule has 2 N–H and O–H groups in total. The molecular weight excluding hydrogens is 288 g/mol. The Morgan fingerprint density at radius 2 is 1.74 bits per heavy atom. The number of carboxylic acids is 1. The summed E-state index contributed by atoms with van der Waals surface area (Å²) in [5, 5.41) is 12.7. The third-order valence-electron chi connectivity index (χ3n) is 5.26. The Morgan fingerprint density at radius 3 is 2.39 bits per heavy atom. The monoisotopic (exact) mass is 316 g/mol. The van der Waals surface area contributed by atoms with Crippen LogP contribution in [0.2, 0.25) is 0 Å². The zero-order chi connectivity index (χ0) is 16.1. The molecule has 3 rings (SSSR count). The highest BCUT2D eigenvalue weighted by Gasteiger charge is 2.25. The van der Waals surface area contributed by atoms with E-state index in [4.69, 9.17) is 5.11 Å². The van der Waals surface area contributed by atoms with Crippen molar-refractivity contribution in [3.8, 4) is 0 Å². The molecule has 2 fully saturated rings. The fourth-order valence-electron chi connectivity index (χ4n) is 3.84. The minimum atomic E-state index is -0.633. The number of carbonyl (C=O) groups is 1. The van der Waals surface area contributed by atoms with Crippen molar-refractivity contribution >= 4 is 17.3 Å². The molecule has 1 heterocycles. The molecule has 1 saturated heterocycles. The van der Waals surface area contributed by atoms with Crippen LogP contribution in [0.25, 0.3) is 0 Å². The zero-order valence-electron chi connectivity index (χ0n) is 13.8. The van der Waals surface area contributed by atoms with E-state index < -0.39 is 5.97 Å². The van der Waals surface area contributed by atoms with Crippen LogP contribution in [0.3, 0.4) is 0 Å². The van der Waals surface area contributed by atoms with Gasteiger partial charge in [0.2, 0.25) is 0 Å². The van der Waals surface area contributed by atoms with Crippen molar-refractivity contribution in [1.82, 2.24) is 0 Å². The molecular formula is C19H28N2O2. The summed E-state index contributed by atoms with van der Waals surface area (Å²) in [6.45, 7) is 2.32. The third-order valence-corrected chi connectivity index (χ3v) is 5.26. The van der Waals surface area contributed by atoms with Gasteiger partial charge in [0, 0.05) is 30.5 Å². The molecule has 0 radical (unpaired) electrons. The van der Waals surface area contributed by atoms with Gasteiger partial charge in [0.1, 0.15) is 0 Å². The van der Waals surface area contributed by atoms with Gasteiger partial charge in [-0.1, -0.05) is 18.9 Å². The number of hydrogen-bond donors (Lipinski definition) is 2. The molecule has 0 bridgehead atoms. The van der Waals surface area contributed by atoms with Crippen LogP contribution in [0, 0.1) is 5.92 Å². The number of hydrogen-bond acceptors (Lipinski definition) is 3. The average Bonchev–Trinajstić information content (AvgIpc) is 2.85. The fraction of sp³-hybridized carbons (Fsp3) is 0.632. The van der Waals surface area contributed by atoms with Crippen LogP contribution < -0.4 is 10.2 Å². The summed E-state index contributed by atoms with van der Waals surface area (Å²) < 4.78 is 0. The van der Waals surface area contributed by atoms with E-state index in [1.165, 1.54) is 37.1 Å². The lowest BCUT2D eigenvalue weighted by atomic mass is 9.86. The van der Waals surface area contributed by atoms with Gasteiger partial charge in [-0.15, -0.1) is 0 Å². The SMILES string of the molecule is O=C(O)C1CCC(Nc2cccc(N3CCCCCC3)c2)CC1. The highest BCUT2D eigenvalue weighted by Crippen LogP contribution is 2.28. The molecule has 0 aromatic heterocycles. The molecule has 1 aromatic rings. The van der Waals surface area contributed by atoms with Gasteiger partial charge in [-0.3, -0.25) is 4.79 Å². The fourth-order valence-corrected chi connectivity index (χ4v) is 3.84. The Labute approximate surface area is 138 Å². The maximum atomic E-state index is 11.0. The summed E-state index contributed by atoms with van der Waals surface area (Å²) >= 11 is 0. The van der Waals surface area contributed by atoms with Crippen molar-refractivity contribution in [2.24, 2.45) is 5.92 Å². The first-order valence-electron chi connectivity index (χ1n) is 9.07. The van der Waals surface area contributed by atoms with E-state index in [1.807, 2.05) is 0 Å². The third kappa shape index (κ3) is 4.40. The van der Waals surface area contributed by atoms with Gasteiger partial charge in [0.15, 0.2) is 0 Å². The van der Waals surface area contributed by atoms with Crippen LogP contribution in [0.15, 0.2) is 24.3 Å². The molecule has 0 amide bonds. The molecule has 1 saturated carbocycles. The number of carboxylic acid groups (broad SMARTS) is 1. The molecule has 126 valence electrons. The highest BCUT2D eigenvalue weighted by molar-refractivity contribution is 5.70. The van der Waals surface area contributed by atoms with Crippen LogP contribution in [0.4, 0.5) is 11.4 Å². The normalized spacial score (nSPS) is 25.7. The lowest BCUT2D eigenvalue weighted by Gasteiger charge is -2.28. The number of rotatable bonds is 4. The van der Waals surface area contributed by atoms with Crippen molar-refractivity contribution in [2.75, 3.05) is 23.3 Å². The number of nitrogens with zero attached hydrogens (tertiary/aromatic N) is 1. The van der Waals surface area contributed by atoms with Gasteiger partial charge >= 0.3 is 5.97 Å². The summed E-state index contributed by atoms with van der Waals surface area (Å²) in [6, 6.07) is 9.13. The number of anilines is 2. The summed E-state index contributed by atoms with van der Waals surface area (Å²) in [5.41, 5.74) is 2.49. The van der Waals surface area contributed by atoms with Crippen molar-refractivity contribution in [3.05, 3.63) is 24.3 Å². The Morgan fingerprint density at radius 1 is 1.04 bits per heavy atom. The first-order valence-corrected chi connectivity index (χ1v) is 9.07. The predicted octanol–water partition coefficient (Wildman–Crippen LogP) is 4.12. The van der Waals surface area contributed by atoms with Crippen LogP contribution in [0.1, 0.15) is 51.4 Å². The van der Waals surface area contributed by atoms with Crippen molar-refractivity contribution in [1.29, 1.82) is 0 Å². The van der Waals surface area contributed by atoms with Crippen molar-refractivity contribution in [3.63, 3.8) is 0 Å². The van der Waals surface area contributed by atoms with E-state index >= 15 is 0 Å². The minimum absolute atomic E-state index is 0.142. The van der Waals surface area contributed by atoms with E-state index in [0.29, 0.717) is 6.04 Å². The number of aliphatic carboxylic acids is 1. The lowest BCUT2D eigenvalue weighted by molar-refractivity contribution is -0.142. The van der Waals surface area contributed by atoms with Gasteiger partial charge in [0.05, 0.1) is 5.92 Å². The van der Waals surface area contributed by atoms with E-state index in [1.54, 1.807) is 0 Å². The minimum Gasteiger partial charge on any atom is -0.481 e. The van der Waals surface area contributed by atoms with E-state index in [-0.39, 0.29) is 5.92 Å². The smallest absolute Gasteiger partial charge is 0.306 e. The second kappa shape index (κ2) is 7.71. The average molecular weight is 316 g/mol. The summed E-state index contributed by atoms with van der Waals surface area (Å²) in [4.78, 5) is 13.5. The van der Waals surface area contributed by atoms with Gasteiger partial charge in [-0.05, 0) is 56.7 Å². The van der Waals surface area contributed by atoms with Crippen LogP contribution in [0.5, 0.6) is 0 Å². The molecule has 1 aromatic carbocycles. The zero-order valence-corrected chi connectivity index (χ0v) is 13.8. The standard InChI is InChI=1S/C19H28N2O2/c22-19(23)15-8-10-16(11-9-15)20-17-6-5-7-18(14-17)21-12-3-1-2-4-13-21/h5-7,14-16,20H,1-4,8-13H2,(H,22,23). The molecule has 1 aliphatic carbocycles. The second-order valence-electron chi connectivity index (χ2n) is 6.98. The molecule has 4 nitrogen and oxygen atoms in total. The van der Waals surface area contributed by atoms with Crippen LogP contribution in [-0.2, 0) is 4.79 Å². The molecule has 4 heteroatoms. The van der Waals surface area contributed by atoms with Crippen LogP contribution >= 0.6 is 0 Å². The molecule has 23 heavy (non-hydrogen) atoms. The van der Waals surface area contributed by atoms with E-state index in [2.05, 4.69) is 34.5 Å². The van der Waals surface area contributed by atoms with E-state index in [0.717, 1.165) is 38.8 Å². The summed E-state index contributed by atoms with van der Waals surface area (Å²) in [5.74, 6) is -0.775. The highest BCUT2D eigenvalue weighted by atomic mass is 16.4. The van der Waals surface area contributed by atoms with E-state index in [9.17, 15) is 4.79 Å². The second-order valence-corrected chi connectivity index (χ2v) is 6.98. The van der Waals surface area contributed by atoms with Gasteiger partial charge in [0.25, 0.3) is 0 Å². The number of nitrogens with one attached hydrogen (secondary N) is 1. The van der Waals surface area contributed by atoms with Gasteiger partial charge in [-0.25, -0.2) is 0 Å². The molecule has 0 spiro atoms. The maximum absolute atomic E-state index is 11.0. The summed E-state index contributed by atoms with van der Waals surface area (Å²) in [7, 11) is 0. The van der Waals surface area contributed by atoms with Crippen molar-refractivity contribution in [2.45, 2.75) is 57.4 Å². The predicted molar refractivity (Wildman–Crippen MR) is 94.1 cm³/mol. The lowest BCUT2D eigenvalue weighted by Crippen LogP contribution is -2.29. The largest absolute Gasteiger partial charge is 0.481 e. The Bertz CT molecular complexity index is 516. The molecule has 0 unspecified atom stereocenters. The first kappa shape index (κ1) is 16.2. The van der Waals surface area contributed by atoms with Crippen LogP contribution in [-0.4, -0.2) is 30.2 Å². The molecule has 1 aliphatic heterocycles. The van der Waals surface area contributed by atoms with Crippen molar-refractivity contribution < 1.29 is 9.90 Å². The first-order chi connectivity index (χ1) is 11.2. The summed E-state index contributed by atoms with van der Waals surface area (Å²) in [6.07, 6.45) is 8.75. The topological polar surface area (TPSA) is 52.6 Å².